The van der Waals surface area contributed by atoms with Crippen LogP contribution in [0.5, 0.6) is 0 Å². The molecule has 2 unspecified atom stereocenters. The van der Waals surface area contributed by atoms with Crippen LogP contribution in [0.2, 0.25) is 0 Å². The summed E-state index contributed by atoms with van der Waals surface area (Å²) in [6, 6.07) is 8.11. The maximum Gasteiger partial charge on any atom is 0.315 e. The minimum Gasteiger partial charge on any atom is -0.391 e. The molecule has 1 aliphatic rings. The van der Waals surface area contributed by atoms with Gasteiger partial charge in [-0.2, -0.15) is 0 Å². The highest BCUT2D eigenvalue weighted by molar-refractivity contribution is 5.74. The van der Waals surface area contributed by atoms with Crippen molar-refractivity contribution in [1.82, 2.24) is 10.6 Å². The van der Waals surface area contributed by atoms with Gasteiger partial charge in [0.05, 0.1) is 18.8 Å². The third-order valence-electron chi connectivity index (χ3n) is 3.56. The maximum atomic E-state index is 11.8. The number of hydrogen-bond donors (Lipinski definition) is 3. The Morgan fingerprint density at radius 1 is 1.50 bits per heavy atom. The molecule has 20 heavy (non-hydrogen) atoms. The Kier molecular flexibility index (Phi) is 5.38. The number of aliphatic hydroxyl groups is 1. The van der Waals surface area contributed by atoms with E-state index in [4.69, 9.17) is 4.74 Å². The second kappa shape index (κ2) is 7.26. The highest BCUT2D eigenvalue weighted by atomic mass is 16.5. The third-order valence-corrected chi connectivity index (χ3v) is 3.56. The first-order chi connectivity index (χ1) is 9.70. The number of ether oxygens (including phenoxy) is 1. The van der Waals surface area contributed by atoms with Crippen molar-refractivity contribution in [3.63, 3.8) is 0 Å². The molecule has 1 aliphatic carbocycles. The molecule has 0 bridgehead atoms. The summed E-state index contributed by atoms with van der Waals surface area (Å²) in [6.45, 7) is 0.726. The molecule has 2 rings (SSSR count). The van der Waals surface area contributed by atoms with Gasteiger partial charge in [-0.15, -0.1) is 0 Å². The van der Waals surface area contributed by atoms with E-state index in [0.717, 1.165) is 12.8 Å². The van der Waals surface area contributed by atoms with Crippen LogP contribution in [0.25, 0.3) is 0 Å². The number of amides is 2. The molecule has 0 radical (unpaired) electrons. The number of carbonyl (C=O) groups excluding carboxylic acids is 1. The number of methoxy groups -OCH3 is 1. The summed E-state index contributed by atoms with van der Waals surface area (Å²) in [5.41, 5.74) is 2.52. The highest BCUT2D eigenvalue weighted by Gasteiger charge is 2.23. The summed E-state index contributed by atoms with van der Waals surface area (Å²) >= 11 is 0. The number of urea groups is 1. The van der Waals surface area contributed by atoms with E-state index in [1.807, 2.05) is 12.1 Å². The van der Waals surface area contributed by atoms with Crippen LogP contribution >= 0.6 is 0 Å². The van der Waals surface area contributed by atoms with Crippen molar-refractivity contribution in [2.45, 2.75) is 31.4 Å². The molecule has 0 saturated heterocycles. The highest BCUT2D eigenvalue weighted by Crippen LogP contribution is 2.30. The number of rotatable bonds is 6. The summed E-state index contributed by atoms with van der Waals surface area (Å²) < 4.78 is 4.83. The summed E-state index contributed by atoms with van der Waals surface area (Å²) in [6.07, 6.45) is 1.91. The van der Waals surface area contributed by atoms with E-state index in [1.54, 1.807) is 7.11 Å². The van der Waals surface area contributed by atoms with Gasteiger partial charge in [-0.3, -0.25) is 0 Å². The zero-order valence-corrected chi connectivity index (χ0v) is 11.8. The summed E-state index contributed by atoms with van der Waals surface area (Å²) in [5.74, 6) is 0. The fourth-order valence-corrected chi connectivity index (χ4v) is 2.54. The average Bonchev–Trinajstić information content (AvgIpc) is 2.83. The number of benzene rings is 1. The number of nitrogens with one attached hydrogen (secondary N) is 2. The molecule has 3 N–H and O–H groups in total. The van der Waals surface area contributed by atoms with Gasteiger partial charge in [-0.1, -0.05) is 24.3 Å². The van der Waals surface area contributed by atoms with Crippen LogP contribution in [0.15, 0.2) is 24.3 Å². The Bertz CT molecular complexity index is 450. The van der Waals surface area contributed by atoms with Crippen LogP contribution in [-0.4, -0.2) is 37.5 Å². The van der Waals surface area contributed by atoms with E-state index >= 15 is 0 Å². The monoisotopic (exact) mass is 278 g/mol. The lowest BCUT2D eigenvalue weighted by Gasteiger charge is -2.15. The molecule has 0 spiro atoms. The predicted molar refractivity (Wildman–Crippen MR) is 76.5 cm³/mol. The minimum absolute atomic E-state index is 0.0927. The van der Waals surface area contributed by atoms with Gasteiger partial charge in [0.1, 0.15) is 0 Å². The summed E-state index contributed by atoms with van der Waals surface area (Å²) in [7, 11) is 1.54. The fraction of sp³-hybridized carbons (Fsp3) is 0.533. The first-order valence-corrected chi connectivity index (χ1v) is 7.00. The average molecular weight is 278 g/mol. The molecular weight excluding hydrogens is 256 g/mol. The molecule has 2 amide bonds. The van der Waals surface area contributed by atoms with Gasteiger partial charge in [-0.25, -0.2) is 4.79 Å². The van der Waals surface area contributed by atoms with Crippen molar-refractivity contribution in [3.8, 4) is 0 Å². The van der Waals surface area contributed by atoms with Gasteiger partial charge in [0.15, 0.2) is 0 Å². The Morgan fingerprint density at radius 3 is 3.10 bits per heavy atom. The molecule has 5 heteroatoms. The van der Waals surface area contributed by atoms with Gasteiger partial charge in [-0.05, 0) is 30.4 Å². The van der Waals surface area contributed by atoms with Crippen LogP contribution in [0.4, 0.5) is 4.79 Å². The van der Waals surface area contributed by atoms with Crippen LogP contribution < -0.4 is 10.6 Å². The van der Waals surface area contributed by atoms with E-state index in [1.165, 1.54) is 11.1 Å². The molecule has 0 aliphatic heterocycles. The van der Waals surface area contributed by atoms with Crippen LogP contribution in [0.1, 0.15) is 30.0 Å². The largest absolute Gasteiger partial charge is 0.391 e. The second-order valence-electron chi connectivity index (χ2n) is 5.09. The normalized spacial score (nSPS) is 18.4. The Hall–Kier alpha value is -1.59. The summed E-state index contributed by atoms with van der Waals surface area (Å²) in [4.78, 5) is 11.8. The summed E-state index contributed by atoms with van der Waals surface area (Å²) in [5, 5.41) is 15.2. The van der Waals surface area contributed by atoms with Crippen molar-refractivity contribution in [1.29, 1.82) is 0 Å². The van der Waals surface area contributed by atoms with Crippen LogP contribution in [0, 0.1) is 0 Å². The van der Waals surface area contributed by atoms with Crippen molar-refractivity contribution >= 4 is 6.03 Å². The number of aliphatic hydroxyl groups excluding tert-OH is 1. The van der Waals surface area contributed by atoms with Crippen molar-refractivity contribution in [2.75, 3.05) is 20.3 Å². The molecule has 2 atom stereocenters. The molecule has 5 nitrogen and oxygen atoms in total. The molecule has 0 fully saturated rings. The molecule has 1 aromatic carbocycles. The topological polar surface area (TPSA) is 70.6 Å². The quantitative estimate of drug-likeness (QED) is 0.736. The molecule has 0 heterocycles. The van der Waals surface area contributed by atoms with Crippen LogP contribution in [-0.2, 0) is 11.2 Å². The zero-order valence-electron chi connectivity index (χ0n) is 11.8. The number of fused-ring (bicyclic) bond motifs is 1. The van der Waals surface area contributed by atoms with Crippen LogP contribution in [0.3, 0.4) is 0 Å². The first-order valence-electron chi connectivity index (χ1n) is 7.00. The van der Waals surface area contributed by atoms with Gasteiger partial charge < -0.3 is 20.5 Å². The van der Waals surface area contributed by atoms with Gasteiger partial charge in [0, 0.05) is 13.7 Å². The number of hydrogen-bond acceptors (Lipinski definition) is 3. The fourth-order valence-electron chi connectivity index (χ4n) is 2.54. The van der Waals surface area contributed by atoms with Crippen molar-refractivity contribution < 1.29 is 14.6 Å². The van der Waals surface area contributed by atoms with Gasteiger partial charge >= 0.3 is 6.03 Å². The molecule has 1 aromatic rings. The lowest BCUT2D eigenvalue weighted by atomic mass is 10.1. The smallest absolute Gasteiger partial charge is 0.315 e. The minimum atomic E-state index is -0.535. The van der Waals surface area contributed by atoms with Gasteiger partial charge in [0.25, 0.3) is 0 Å². The SMILES string of the molecule is COCC(O)CCNC(=O)NC1CCc2ccccc21. The Morgan fingerprint density at radius 2 is 2.30 bits per heavy atom. The van der Waals surface area contributed by atoms with E-state index in [0.29, 0.717) is 19.6 Å². The number of aryl methyl sites for hydroxylation is 1. The van der Waals surface area contributed by atoms with E-state index in [2.05, 4.69) is 22.8 Å². The lowest BCUT2D eigenvalue weighted by Crippen LogP contribution is -2.38. The molecular formula is C15H22N2O3. The van der Waals surface area contributed by atoms with Crippen molar-refractivity contribution in [3.05, 3.63) is 35.4 Å². The van der Waals surface area contributed by atoms with E-state index in [-0.39, 0.29) is 12.1 Å². The third kappa shape index (κ3) is 3.95. The van der Waals surface area contributed by atoms with E-state index in [9.17, 15) is 9.90 Å². The maximum absolute atomic E-state index is 11.8. The van der Waals surface area contributed by atoms with Crippen molar-refractivity contribution in [2.24, 2.45) is 0 Å². The number of carbonyl (C=O) groups is 1. The molecule has 110 valence electrons. The zero-order chi connectivity index (χ0) is 14.4. The lowest BCUT2D eigenvalue weighted by molar-refractivity contribution is 0.0598. The van der Waals surface area contributed by atoms with E-state index < -0.39 is 6.10 Å². The van der Waals surface area contributed by atoms with Gasteiger partial charge in [0.2, 0.25) is 0 Å². The Labute approximate surface area is 119 Å². The second-order valence-corrected chi connectivity index (χ2v) is 5.09. The Balaban J connectivity index is 1.73. The first kappa shape index (κ1) is 14.8. The standard InChI is InChI=1S/C15H22N2O3/c1-20-10-12(18)8-9-16-15(19)17-14-7-6-11-4-2-3-5-13(11)14/h2-5,12,14,18H,6-10H2,1H3,(H2,16,17,19). The molecule has 0 aromatic heterocycles. The molecule has 0 saturated carbocycles. The predicted octanol–water partition coefficient (Wildman–Crippen LogP) is 1.37.